The van der Waals surface area contributed by atoms with Crippen LogP contribution in [0.25, 0.3) is 0 Å². The van der Waals surface area contributed by atoms with Crippen LogP contribution in [0.3, 0.4) is 0 Å². The molecular formula is C30H33Cl2N3O6S. The lowest BCUT2D eigenvalue weighted by molar-refractivity contribution is -0.143. The maximum atomic E-state index is 14.1. The van der Waals surface area contributed by atoms with Gasteiger partial charge in [-0.3, -0.25) is 19.2 Å². The average Bonchev–Trinajstić information content (AvgIpc) is 3.90. The third-order valence-corrected chi connectivity index (χ3v) is 11.2. The summed E-state index contributed by atoms with van der Waals surface area (Å²) in [4.78, 5) is 54.7. The molecule has 42 heavy (non-hydrogen) atoms. The summed E-state index contributed by atoms with van der Waals surface area (Å²) in [6.07, 6.45) is 3.25. The maximum Gasteiger partial charge on any atom is 0.289 e. The highest BCUT2D eigenvalue weighted by molar-refractivity contribution is 7.92. The van der Waals surface area contributed by atoms with Crippen LogP contribution in [-0.2, 0) is 34.4 Å². The summed E-state index contributed by atoms with van der Waals surface area (Å²) in [5, 5.41) is 4.81. The van der Waals surface area contributed by atoms with Crippen molar-refractivity contribution in [1.82, 2.24) is 15.5 Å². The number of rotatable bonds is 11. The number of carbonyl (C=O) groups is 4. The van der Waals surface area contributed by atoms with Gasteiger partial charge in [-0.05, 0) is 68.4 Å². The molecule has 3 fully saturated rings. The van der Waals surface area contributed by atoms with Crippen LogP contribution >= 0.6 is 23.2 Å². The number of likely N-dealkylation sites (tertiary alicyclic amines) is 1. The fourth-order valence-electron chi connectivity index (χ4n) is 5.61. The second-order valence-electron chi connectivity index (χ2n) is 11.4. The maximum absolute atomic E-state index is 14.1. The molecule has 0 bridgehead atoms. The fraction of sp³-hybridized carbons (Fsp3) is 0.467. The van der Waals surface area contributed by atoms with Crippen molar-refractivity contribution in [3.05, 3.63) is 64.1 Å². The van der Waals surface area contributed by atoms with Gasteiger partial charge >= 0.3 is 0 Å². The molecule has 3 amide bonds. The van der Waals surface area contributed by atoms with Gasteiger partial charge in [-0.15, -0.1) is 0 Å². The molecule has 2 aromatic carbocycles. The van der Waals surface area contributed by atoms with E-state index in [-0.39, 0.29) is 41.3 Å². The summed E-state index contributed by atoms with van der Waals surface area (Å²) in [5.41, 5.74) is -0.154. The summed E-state index contributed by atoms with van der Waals surface area (Å²) in [7, 11) is -4.03. The molecule has 2 aromatic rings. The van der Waals surface area contributed by atoms with Crippen LogP contribution in [0.5, 0.6) is 0 Å². The summed E-state index contributed by atoms with van der Waals surface area (Å²) in [6, 6.07) is 10.7. The van der Waals surface area contributed by atoms with E-state index in [0.717, 1.165) is 18.4 Å². The standard InChI is InChI=1S/C30H33Cl2N3O6S/c1-2-5-23(26(36)28(38)33-20-12-13-20)34-27(37)24-16-21(42(40,41)25-7-4-3-6-22(25)32)17-35(24)29(39)30(14-15-30)18-8-10-19(31)11-9-18/h3-4,6-11,20-21,23-24H,2,5,12-17H2,1H3,(H,33,38)(H,34,37)/t21-,23?,24+/m1/s1. The lowest BCUT2D eigenvalue weighted by Gasteiger charge is -2.29. The molecule has 2 saturated carbocycles. The second-order valence-corrected chi connectivity index (χ2v) is 14.4. The van der Waals surface area contributed by atoms with Gasteiger partial charge in [0.1, 0.15) is 6.04 Å². The first kappa shape index (κ1) is 30.5. The minimum absolute atomic E-state index is 0.0271. The van der Waals surface area contributed by atoms with Crippen molar-refractivity contribution >= 4 is 56.5 Å². The van der Waals surface area contributed by atoms with E-state index in [9.17, 15) is 27.6 Å². The van der Waals surface area contributed by atoms with E-state index in [0.29, 0.717) is 24.3 Å². The molecule has 224 valence electrons. The first-order valence-electron chi connectivity index (χ1n) is 14.2. The van der Waals surface area contributed by atoms with Gasteiger partial charge in [0.2, 0.25) is 17.6 Å². The topological polar surface area (TPSA) is 130 Å². The van der Waals surface area contributed by atoms with Gasteiger partial charge in [-0.2, -0.15) is 0 Å². The van der Waals surface area contributed by atoms with Gasteiger partial charge in [0, 0.05) is 17.6 Å². The first-order chi connectivity index (χ1) is 20.0. The van der Waals surface area contributed by atoms with Gasteiger partial charge in [-0.25, -0.2) is 8.42 Å². The van der Waals surface area contributed by atoms with E-state index in [2.05, 4.69) is 10.6 Å². The number of hydrogen-bond acceptors (Lipinski definition) is 6. The Morgan fingerprint density at radius 3 is 2.29 bits per heavy atom. The number of sulfone groups is 1. The Hall–Kier alpha value is -2.95. The van der Waals surface area contributed by atoms with Crippen molar-refractivity contribution in [3.63, 3.8) is 0 Å². The number of benzene rings is 2. The number of amides is 3. The predicted molar refractivity (Wildman–Crippen MR) is 158 cm³/mol. The Labute approximate surface area is 255 Å². The SMILES string of the molecule is CCCC(NC(=O)[C@@H]1C[C@@H](S(=O)(=O)c2ccccc2Cl)CN1C(=O)C1(c2ccc(Cl)cc2)CC1)C(=O)C(=O)NC1CC1. The molecule has 1 heterocycles. The van der Waals surface area contributed by atoms with E-state index in [1.807, 2.05) is 6.92 Å². The third-order valence-electron chi connectivity index (χ3n) is 8.31. The minimum atomic E-state index is -4.03. The highest BCUT2D eigenvalue weighted by Gasteiger charge is 2.57. The summed E-state index contributed by atoms with van der Waals surface area (Å²) in [6.45, 7) is 1.61. The minimum Gasteiger partial charge on any atom is -0.347 e. The number of ketones is 1. The molecule has 1 unspecified atom stereocenters. The molecule has 3 aliphatic rings. The molecule has 0 aromatic heterocycles. The monoisotopic (exact) mass is 633 g/mol. The van der Waals surface area contributed by atoms with Crippen LogP contribution < -0.4 is 10.6 Å². The van der Waals surface area contributed by atoms with Crippen LogP contribution in [0, 0.1) is 0 Å². The van der Waals surface area contributed by atoms with Crippen molar-refractivity contribution in [2.45, 2.75) is 85.6 Å². The number of nitrogens with one attached hydrogen (secondary N) is 2. The van der Waals surface area contributed by atoms with Crippen molar-refractivity contribution in [1.29, 1.82) is 0 Å². The van der Waals surface area contributed by atoms with Gasteiger partial charge < -0.3 is 15.5 Å². The molecule has 0 spiro atoms. The van der Waals surface area contributed by atoms with Crippen LogP contribution in [0.4, 0.5) is 0 Å². The van der Waals surface area contributed by atoms with E-state index < -0.39 is 50.2 Å². The number of nitrogens with zero attached hydrogens (tertiary/aromatic N) is 1. The highest BCUT2D eigenvalue weighted by Crippen LogP contribution is 2.51. The van der Waals surface area contributed by atoms with Gasteiger partial charge in [0.05, 0.1) is 26.6 Å². The van der Waals surface area contributed by atoms with Crippen molar-refractivity contribution in [3.8, 4) is 0 Å². The second kappa shape index (κ2) is 12.0. The highest BCUT2D eigenvalue weighted by atomic mass is 35.5. The van der Waals surface area contributed by atoms with Crippen LogP contribution in [0.15, 0.2) is 53.4 Å². The Kier molecular flexibility index (Phi) is 8.70. The van der Waals surface area contributed by atoms with Crippen LogP contribution in [0.2, 0.25) is 10.0 Å². The van der Waals surface area contributed by atoms with Gasteiger partial charge in [0.25, 0.3) is 5.91 Å². The Morgan fingerprint density at radius 1 is 1.02 bits per heavy atom. The Morgan fingerprint density at radius 2 is 1.69 bits per heavy atom. The normalized spacial score (nSPS) is 21.8. The molecular weight excluding hydrogens is 601 g/mol. The zero-order chi connectivity index (χ0) is 30.2. The summed E-state index contributed by atoms with van der Waals surface area (Å²) in [5.74, 6) is -2.53. The zero-order valence-corrected chi connectivity index (χ0v) is 25.5. The molecule has 12 heteroatoms. The van der Waals surface area contributed by atoms with Gasteiger partial charge in [0.15, 0.2) is 9.84 Å². The molecule has 5 rings (SSSR count). The molecule has 3 atom stereocenters. The van der Waals surface area contributed by atoms with Gasteiger partial charge in [-0.1, -0.05) is 60.8 Å². The van der Waals surface area contributed by atoms with E-state index in [1.54, 1.807) is 36.4 Å². The number of halogens is 2. The quantitative estimate of drug-likeness (QED) is 0.364. The lowest BCUT2D eigenvalue weighted by Crippen LogP contribution is -2.54. The summed E-state index contributed by atoms with van der Waals surface area (Å²) >= 11 is 12.3. The molecule has 2 N–H and O–H groups in total. The molecule has 0 radical (unpaired) electrons. The largest absolute Gasteiger partial charge is 0.347 e. The average molecular weight is 635 g/mol. The van der Waals surface area contributed by atoms with Crippen molar-refractivity contribution in [2.75, 3.05) is 6.54 Å². The predicted octanol–water partition coefficient (Wildman–Crippen LogP) is 3.60. The van der Waals surface area contributed by atoms with Crippen molar-refractivity contribution in [2.24, 2.45) is 0 Å². The number of Topliss-reactive ketones (excluding diaryl/α,β-unsaturated/α-hetero) is 1. The zero-order valence-electron chi connectivity index (χ0n) is 23.1. The number of hydrogen-bond donors (Lipinski definition) is 2. The number of carbonyl (C=O) groups excluding carboxylic acids is 4. The Balaban J connectivity index is 1.44. The van der Waals surface area contributed by atoms with Crippen LogP contribution in [0.1, 0.15) is 57.4 Å². The Bertz CT molecular complexity index is 1510. The van der Waals surface area contributed by atoms with Crippen molar-refractivity contribution < 1.29 is 27.6 Å². The van der Waals surface area contributed by atoms with E-state index >= 15 is 0 Å². The van der Waals surface area contributed by atoms with Crippen LogP contribution in [-0.4, -0.2) is 66.7 Å². The molecule has 9 nitrogen and oxygen atoms in total. The lowest BCUT2D eigenvalue weighted by atomic mass is 9.94. The fourth-order valence-corrected chi connectivity index (χ4v) is 7.96. The third kappa shape index (κ3) is 6.07. The molecule has 1 aliphatic heterocycles. The molecule has 1 saturated heterocycles. The summed E-state index contributed by atoms with van der Waals surface area (Å²) < 4.78 is 27.4. The first-order valence-corrected chi connectivity index (χ1v) is 16.5. The smallest absolute Gasteiger partial charge is 0.289 e. The molecule has 2 aliphatic carbocycles. The van der Waals surface area contributed by atoms with E-state index in [1.165, 1.54) is 17.0 Å². The van der Waals surface area contributed by atoms with E-state index in [4.69, 9.17) is 23.2 Å².